The Balaban J connectivity index is 1.67. The van der Waals surface area contributed by atoms with E-state index in [-0.39, 0.29) is 11.8 Å². The van der Waals surface area contributed by atoms with Gasteiger partial charge in [0.15, 0.2) is 5.82 Å². The maximum Gasteiger partial charge on any atom is 0.227 e. The van der Waals surface area contributed by atoms with Crippen molar-refractivity contribution in [2.45, 2.75) is 32.1 Å². The van der Waals surface area contributed by atoms with E-state index in [2.05, 4.69) is 21.6 Å². The van der Waals surface area contributed by atoms with E-state index in [1.165, 1.54) is 5.56 Å². The van der Waals surface area contributed by atoms with Crippen LogP contribution in [-0.2, 0) is 18.3 Å². The predicted molar refractivity (Wildman–Crippen MR) is 82.2 cm³/mol. The van der Waals surface area contributed by atoms with Crippen molar-refractivity contribution in [3.8, 4) is 0 Å². The number of benzene rings is 1. The van der Waals surface area contributed by atoms with Crippen LogP contribution in [0, 0.1) is 6.92 Å². The maximum atomic E-state index is 12.5. The van der Waals surface area contributed by atoms with Crippen molar-refractivity contribution in [2.75, 3.05) is 13.1 Å². The third-order valence-corrected chi connectivity index (χ3v) is 4.23. The molecule has 22 heavy (non-hydrogen) atoms. The lowest BCUT2D eigenvalue weighted by molar-refractivity contribution is -0.131. The van der Waals surface area contributed by atoms with E-state index in [0.29, 0.717) is 13.0 Å². The number of amides is 1. The van der Waals surface area contributed by atoms with E-state index >= 15 is 0 Å². The summed E-state index contributed by atoms with van der Waals surface area (Å²) in [5.74, 6) is 1.29. The highest BCUT2D eigenvalue weighted by Gasteiger charge is 2.27. The molecule has 1 unspecified atom stereocenters. The van der Waals surface area contributed by atoms with E-state index in [1.807, 2.05) is 37.1 Å². The van der Waals surface area contributed by atoms with Crippen molar-refractivity contribution in [3.05, 3.63) is 41.2 Å². The average molecular weight is 299 g/mol. The lowest BCUT2D eigenvalue weighted by atomic mass is 9.96. The molecule has 0 bridgehead atoms. The van der Waals surface area contributed by atoms with E-state index in [1.54, 1.807) is 4.68 Å². The fraction of sp³-hybridized carbons (Fsp3) is 0.500. The molecular formula is C16H21N5O. The quantitative estimate of drug-likeness (QED) is 0.861. The number of rotatable bonds is 3. The zero-order chi connectivity index (χ0) is 15.5. The van der Waals surface area contributed by atoms with Crippen LogP contribution in [-0.4, -0.2) is 44.1 Å². The SMILES string of the molecule is Cc1cccc(CC(=O)N2CCCC(c3nnnn3C)C2)c1. The first-order valence-electron chi connectivity index (χ1n) is 7.69. The summed E-state index contributed by atoms with van der Waals surface area (Å²) >= 11 is 0. The second-order valence-electron chi connectivity index (χ2n) is 6.01. The summed E-state index contributed by atoms with van der Waals surface area (Å²) in [5.41, 5.74) is 2.26. The first-order chi connectivity index (χ1) is 10.6. The molecule has 0 radical (unpaired) electrons. The molecule has 2 heterocycles. The van der Waals surface area contributed by atoms with Gasteiger partial charge in [-0.3, -0.25) is 4.79 Å². The number of carbonyl (C=O) groups excluding carboxylic acids is 1. The van der Waals surface area contributed by atoms with Gasteiger partial charge in [0, 0.05) is 26.1 Å². The number of carbonyl (C=O) groups is 1. The van der Waals surface area contributed by atoms with Gasteiger partial charge in [-0.25, -0.2) is 4.68 Å². The number of nitrogens with zero attached hydrogens (tertiary/aromatic N) is 5. The molecule has 1 amide bonds. The summed E-state index contributed by atoms with van der Waals surface area (Å²) in [7, 11) is 1.85. The van der Waals surface area contributed by atoms with Crippen LogP contribution in [0.15, 0.2) is 24.3 Å². The predicted octanol–water partition coefficient (Wildman–Crippen LogP) is 1.47. The zero-order valence-electron chi connectivity index (χ0n) is 13.1. The Morgan fingerprint density at radius 2 is 2.27 bits per heavy atom. The van der Waals surface area contributed by atoms with E-state index in [9.17, 15) is 4.79 Å². The smallest absolute Gasteiger partial charge is 0.227 e. The molecule has 3 rings (SSSR count). The lowest BCUT2D eigenvalue weighted by Gasteiger charge is -2.32. The minimum Gasteiger partial charge on any atom is -0.342 e. The second kappa shape index (κ2) is 6.25. The molecule has 0 spiro atoms. The van der Waals surface area contributed by atoms with Crippen molar-refractivity contribution < 1.29 is 4.79 Å². The number of piperidine rings is 1. The molecule has 116 valence electrons. The Kier molecular flexibility index (Phi) is 4.18. The standard InChI is InChI=1S/C16H21N5O/c1-12-5-3-6-13(9-12)10-15(22)21-8-4-7-14(11-21)16-17-18-19-20(16)2/h3,5-6,9,14H,4,7-8,10-11H2,1-2H3. The van der Waals surface area contributed by atoms with Crippen LogP contribution < -0.4 is 0 Å². The van der Waals surface area contributed by atoms with Crippen LogP contribution >= 0.6 is 0 Å². The topological polar surface area (TPSA) is 63.9 Å². The second-order valence-corrected chi connectivity index (χ2v) is 6.01. The molecule has 0 N–H and O–H groups in total. The average Bonchev–Trinajstić information content (AvgIpc) is 2.93. The molecule has 1 atom stereocenters. The van der Waals surface area contributed by atoms with Gasteiger partial charge in [0.05, 0.1) is 6.42 Å². The molecule has 0 saturated carbocycles. The summed E-state index contributed by atoms with van der Waals surface area (Å²) in [6.07, 6.45) is 2.49. The van der Waals surface area contributed by atoms with Crippen LogP contribution in [0.1, 0.15) is 35.7 Å². The minimum absolute atomic E-state index is 0.186. The Morgan fingerprint density at radius 3 is 3.00 bits per heavy atom. The van der Waals surface area contributed by atoms with Gasteiger partial charge in [-0.15, -0.1) is 5.10 Å². The van der Waals surface area contributed by atoms with Crippen molar-refractivity contribution in [3.63, 3.8) is 0 Å². The summed E-state index contributed by atoms with van der Waals surface area (Å²) in [6.45, 7) is 3.58. The molecule has 6 heteroatoms. The highest BCUT2D eigenvalue weighted by atomic mass is 16.2. The van der Waals surface area contributed by atoms with Crippen LogP contribution in [0.4, 0.5) is 0 Å². The van der Waals surface area contributed by atoms with Crippen LogP contribution in [0.3, 0.4) is 0 Å². The number of likely N-dealkylation sites (tertiary alicyclic amines) is 1. The molecule has 0 aliphatic carbocycles. The molecule has 1 aliphatic heterocycles. The molecule has 2 aromatic rings. The van der Waals surface area contributed by atoms with Crippen LogP contribution in [0.2, 0.25) is 0 Å². The largest absolute Gasteiger partial charge is 0.342 e. The van der Waals surface area contributed by atoms with Gasteiger partial charge < -0.3 is 4.90 Å². The Labute approximate surface area is 130 Å². The van der Waals surface area contributed by atoms with Gasteiger partial charge in [0.25, 0.3) is 0 Å². The normalized spacial score (nSPS) is 18.5. The third-order valence-electron chi connectivity index (χ3n) is 4.23. The monoisotopic (exact) mass is 299 g/mol. The van der Waals surface area contributed by atoms with E-state index in [0.717, 1.165) is 30.8 Å². The number of tetrazole rings is 1. The molecule has 1 aromatic heterocycles. The summed E-state index contributed by atoms with van der Waals surface area (Å²) in [5, 5.41) is 11.7. The van der Waals surface area contributed by atoms with Gasteiger partial charge in [-0.05, 0) is 35.8 Å². The molecular weight excluding hydrogens is 278 g/mol. The van der Waals surface area contributed by atoms with Gasteiger partial charge in [0.2, 0.25) is 5.91 Å². The van der Waals surface area contributed by atoms with Crippen LogP contribution in [0.25, 0.3) is 0 Å². The van der Waals surface area contributed by atoms with Crippen molar-refractivity contribution in [2.24, 2.45) is 7.05 Å². The molecule has 6 nitrogen and oxygen atoms in total. The van der Waals surface area contributed by atoms with Crippen molar-refractivity contribution in [1.29, 1.82) is 0 Å². The molecule has 1 aliphatic rings. The Bertz CT molecular complexity index is 666. The molecule has 1 saturated heterocycles. The maximum absolute atomic E-state index is 12.5. The molecule has 1 fully saturated rings. The van der Waals surface area contributed by atoms with E-state index < -0.39 is 0 Å². The minimum atomic E-state index is 0.186. The van der Waals surface area contributed by atoms with Crippen molar-refractivity contribution in [1.82, 2.24) is 25.1 Å². The Hall–Kier alpha value is -2.24. The Morgan fingerprint density at radius 1 is 1.41 bits per heavy atom. The van der Waals surface area contributed by atoms with Gasteiger partial charge in [0.1, 0.15) is 0 Å². The highest BCUT2D eigenvalue weighted by Crippen LogP contribution is 2.25. The summed E-state index contributed by atoms with van der Waals surface area (Å²) in [6, 6.07) is 8.14. The third kappa shape index (κ3) is 3.16. The lowest BCUT2D eigenvalue weighted by Crippen LogP contribution is -2.40. The number of aryl methyl sites for hydroxylation is 2. The first-order valence-corrected chi connectivity index (χ1v) is 7.69. The van der Waals surface area contributed by atoms with E-state index in [4.69, 9.17) is 0 Å². The number of aromatic nitrogens is 4. The number of hydrogen-bond acceptors (Lipinski definition) is 4. The van der Waals surface area contributed by atoms with Gasteiger partial charge >= 0.3 is 0 Å². The fourth-order valence-electron chi connectivity index (χ4n) is 3.11. The first kappa shape index (κ1) is 14.7. The summed E-state index contributed by atoms with van der Waals surface area (Å²) in [4.78, 5) is 14.5. The van der Waals surface area contributed by atoms with Crippen LogP contribution in [0.5, 0.6) is 0 Å². The fourth-order valence-corrected chi connectivity index (χ4v) is 3.11. The van der Waals surface area contributed by atoms with Gasteiger partial charge in [-0.1, -0.05) is 29.8 Å². The zero-order valence-corrected chi connectivity index (χ0v) is 13.1. The van der Waals surface area contributed by atoms with Crippen molar-refractivity contribution >= 4 is 5.91 Å². The summed E-state index contributed by atoms with van der Waals surface area (Å²) < 4.78 is 1.71. The van der Waals surface area contributed by atoms with Gasteiger partial charge in [-0.2, -0.15) is 0 Å². The molecule has 1 aromatic carbocycles. The number of hydrogen-bond donors (Lipinski definition) is 0. The highest BCUT2D eigenvalue weighted by molar-refractivity contribution is 5.79.